The number of benzene rings is 1. The molecule has 2 heterocycles. The molecule has 3 rings (SSSR count). The van der Waals surface area contributed by atoms with Crippen LogP contribution >= 0.6 is 12.4 Å². The van der Waals surface area contributed by atoms with Gasteiger partial charge in [-0.3, -0.25) is 9.69 Å². The molecule has 0 saturated carbocycles. The molecule has 1 aromatic carbocycles. The molecular weight excluding hydrogens is 330 g/mol. The molecule has 0 bridgehead atoms. The SMILES string of the molecule is Cl.O=C(O)C1CCCCN1Cc1nc(CCc2ccccc2)no1. The van der Waals surface area contributed by atoms with Crippen LogP contribution in [0.5, 0.6) is 0 Å². The summed E-state index contributed by atoms with van der Waals surface area (Å²) < 4.78 is 5.29. The molecule has 0 radical (unpaired) electrons. The zero-order chi connectivity index (χ0) is 16.1. The number of aromatic nitrogens is 2. The van der Waals surface area contributed by atoms with Gasteiger partial charge in [-0.05, 0) is 31.4 Å². The summed E-state index contributed by atoms with van der Waals surface area (Å²) in [4.78, 5) is 17.6. The second-order valence-electron chi connectivity index (χ2n) is 5.91. The molecule has 0 spiro atoms. The lowest BCUT2D eigenvalue weighted by molar-refractivity contribution is -0.145. The molecule has 6 nitrogen and oxygen atoms in total. The number of hydrogen-bond acceptors (Lipinski definition) is 5. The van der Waals surface area contributed by atoms with Gasteiger partial charge in [0.05, 0.1) is 6.54 Å². The molecule has 1 fully saturated rings. The first-order valence-corrected chi connectivity index (χ1v) is 8.04. The third kappa shape index (κ3) is 4.79. The standard InChI is InChI=1S/C17H21N3O3.ClH/c21-17(22)14-8-4-5-11-20(14)12-16-18-15(19-23-16)10-9-13-6-2-1-3-7-13;/h1-3,6-7,14H,4-5,8-12H2,(H,21,22);1H. The monoisotopic (exact) mass is 351 g/mol. The quantitative estimate of drug-likeness (QED) is 0.862. The van der Waals surface area contributed by atoms with E-state index < -0.39 is 12.0 Å². The highest BCUT2D eigenvalue weighted by molar-refractivity contribution is 5.85. The van der Waals surface area contributed by atoms with E-state index in [1.165, 1.54) is 5.56 Å². The van der Waals surface area contributed by atoms with Gasteiger partial charge in [-0.2, -0.15) is 4.98 Å². The van der Waals surface area contributed by atoms with Crippen molar-refractivity contribution in [2.75, 3.05) is 6.54 Å². The Morgan fingerprint density at radius 1 is 1.25 bits per heavy atom. The number of aliphatic carboxylic acids is 1. The molecule has 2 aromatic rings. The number of likely N-dealkylation sites (tertiary alicyclic amines) is 1. The van der Waals surface area contributed by atoms with Crippen molar-refractivity contribution in [1.29, 1.82) is 0 Å². The Labute approximate surface area is 147 Å². The number of carboxylic acid groups (broad SMARTS) is 1. The van der Waals surface area contributed by atoms with Crippen molar-refractivity contribution in [3.05, 3.63) is 47.6 Å². The van der Waals surface area contributed by atoms with E-state index in [1.807, 2.05) is 23.1 Å². The summed E-state index contributed by atoms with van der Waals surface area (Å²) in [5.74, 6) is 0.405. The van der Waals surface area contributed by atoms with E-state index in [-0.39, 0.29) is 12.4 Å². The zero-order valence-electron chi connectivity index (χ0n) is 13.4. The van der Waals surface area contributed by atoms with Crippen LogP contribution in [0, 0.1) is 0 Å². The average molecular weight is 352 g/mol. The Hall–Kier alpha value is -1.92. The molecule has 0 aliphatic carbocycles. The van der Waals surface area contributed by atoms with Gasteiger partial charge < -0.3 is 9.63 Å². The van der Waals surface area contributed by atoms with Crippen molar-refractivity contribution >= 4 is 18.4 Å². The molecule has 1 N–H and O–H groups in total. The smallest absolute Gasteiger partial charge is 0.320 e. The third-order valence-corrected chi connectivity index (χ3v) is 4.23. The van der Waals surface area contributed by atoms with E-state index >= 15 is 0 Å². The first kappa shape index (κ1) is 18.4. The van der Waals surface area contributed by atoms with E-state index in [1.54, 1.807) is 0 Å². The molecule has 130 valence electrons. The second kappa shape index (κ2) is 8.80. The van der Waals surface area contributed by atoms with Crippen molar-refractivity contribution in [2.45, 2.75) is 44.7 Å². The van der Waals surface area contributed by atoms with E-state index in [2.05, 4.69) is 22.3 Å². The van der Waals surface area contributed by atoms with E-state index in [0.717, 1.165) is 32.2 Å². The highest BCUT2D eigenvalue weighted by Gasteiger charge is 2.29. The fraction of sp³-hybridized carbons (Fsp3) is 0.471. The third-order valence-electron chi connectivity index (χ3n) is 4.23. The van der Waals surface area contributed by atoms with Gasteiger partial charge in [0.1, 0.15) is 6.04 Å². The largest absolute Gasteiger partial charge is 0.480 e. The van der Waals surface area contributed by atoms with Crippen LogP contribution in [-0.4, -0.2) is 38.7 Å². The van der Waals surface area contributed by atoms with Gasteiger partial charge in [-0.25, -0.2) is 0 Å². The Morgan fingerprint density at radius 2 is 2.04 bits per heavy atom. The van der Waals surface area contributed by atoms with Crippen molar-refractivity contribution in [1.82, 2.24) is 15.0 Å². The topological polar surface area (TPSA) is 79.5 Å². The molecule has 1 aliphatic heterocycles. The Bertz CT molecular complexity index is 648. The van der Waals surface area contributed by atoms with Gasteiger partial charge in [0, 0.05) is 6.42 Å². The lowest BCUT2D eigenvalue weighted by atomic mass is 10.0. The maximum absolute atomic E-state index is 11.3. The summed E-state index contributed by atoms with van der Waals surface area (Å²) in [5.41, 5.74) is 1.24. The number of carbonyl (C=O) groups is 1. The van der Waals surface area contributed by atoms with Crippen LogP contribution in [0.2, 0.25) is 0 Å². The number of rotatable bonds is 6. The summed E-state index contributed by atoms with van der Waals surface area (Å²) in [6, 6.07) is 9.73. The predicted octanol–water partition coefficient (Wildman–Crippen LogP) is 2.72. The normalized spacial score (nSPS) is 18.1. The minimum atomic E-state index is -0.770. The summed E-state index contributed by atoms with van der Waals surface area (Å²) in [5, 5.41) is 13.3. The lowest BCUT2D eigenvalue weighted by Crippen LogP contribution is -2.44. The number of halogens is 1. The van der Waals surface area contributed by atoms with Crippen LogP contribution in [-0.2, 0) is 24.2 Å². The molecular formula is C17H22ClN3O3. The maximum atomic E-state index is 11.3. The van der Waals surface area contributed by atoms with Crippen LogP contribution < -0.4 is 0 Å². The first-order valence-electron chi connectivity index (χ1n) is 8.04. The van der Waals surface area contributed by atoms with Crippen LogP contribution in [0.1, 0.15) is 36.5 Å². The first-order chi connectivity index (χ1) is 11.2. The summed E-state index contributed by atoms with van der Waals surface area (Å²) in [6.45, 7) is 1.17. The van der Waals surface area contributed by atoms with Gasteiger partial charge in [-0.1, -0.05) is 41.9 Å². The molecule has 1 saturated heterocycles. The highest BCUT2D eigenvalue weighted by Crippen LogP contribution is 2.19. The highest BCUT2D eigenvalue weighted by atomic mass is 35.5. The molecule has 1 aromatic heterocycles. The fourth-order valence-corrected chi connectivity index (χ4v) is 2.99. The molecule has 1 aliphatic rings. The Kier molecular flexibility index (Phi) is 6.75. The van der Waals surface area contributed by atoms with Gasteiger partial charge in [0.25, 0.3) is 0 Å². The minimum absolute atomic E-state index is 0. The Morgan fingerprint density at radius 3 is 2.79 bits per heavy atom. The van der Waals surface area contributed by atoms with E-state index in [0.29, 0.717) is 24.7 Å². The van der Waals surface area contributed by atoms with Crippen LogP contribution in [0.3, 0.4) is 0 Å². The number of hydrogen-bond donors (Lipinski definition) is 1. The van der Waals surface area contributed by atoms with Crippen molar-refractivity contribution < 1.29 is 14.4 Å². The average Bonchev–Trinajstić information content (AvgIpc) is 3.02. The van der Waals surface area contributed by atoms with Gasteiger partial charge in [0.15, 0.2) is 5.82 Å². The van der Waals surface area contributed by atoms with E-state index in [4.69, 9.17) is 4.52 Å². The molecule has 7 heteroatoms. The second-order valence-corrected chi connectivity index (χ2v) is 5.91. The molecule has 24 heavy (non-hydrogen) atoms. The van der Waals surface area contributed by atoms with Gasteiger partial charge >= 0.3 is 5.97 Å². The number of carboxylic acids is 1. The van der Waals surface area contributed by atoms with Crippen LogP contribution in [0.15, 0.2) is 34.9 Å². The summed E-state index contributed by atoms with van der Waals surface area (Å²) in [6.07, 6.45) is 4.24. The summed E-state index contributed by atoms with van der Waals surface area (Å²) >= 11 is 0. The van der Waals surface area contributed by atoms with Crippen LogP contribution in [0.25, 0.3) is 0 Å². The van der Waals surface area contributed by atoms with E-state index in [9.17, 15) is 9.90 Å². The lowest BCUT2D eigenvalue weighted by Gasteiger charge is -2.31. The predicted molar refractivity (Wildman–Crippen MR) is 91.1 cm³/mol. The zero-order valence-corrected chi connectivity index (χ0v) is 14.2. The maximum Gasteiger partial charge on any atom is 0.320 e. The fourth-order valence-electron chi connectivity index (χ4n) is 2.99. The van der Waals surface area contributed by atoms with Gasteiger partial charge in [0.2, 0.25) is 5.89 Å². The van der Waals surface area contributed by atoms with Crippen molar-refractivity contribution in [2.24, 2.45) is 0 Å². The van der Waals surface area contributed by atoms with Gasteiger partial charge in [-0.15, -0.1) is 12.4 Å². The molecule has 1 atom stereocenters. The summed E-state index contributed by atoms with van der Waals surface area (Å²) in [7, 11) is 0. The van der Waals surface area contributed by atoms with Crippen molar-refractivity contribution in [3.8, 4) is 0 Å². The van der Waals surface area contributed by atoms with Crippen molar-refractivity contribution in [3.63, 3.8) is 0 Å². The number of piperidine rings is 1. The number of aryl methyl sites for hydroxylation is 2. The Balaban J connectivity index is 0.00000208. The molecule has 0 amide bonds. The molecule has 1 unspecified atom stereocenters. The minimum Gasteiger partial charge on any atom is -0.480 e. The van der Waals surface area contributed by atoms with Crippen LogP contribution in [0.4, 0.5) is 0 Å². The number of nitrogens with zero attached hydrogens (tertiary/aromatic N) is 3.